The Morgan fingerprint density at radius 3 is 3.00 bits per heavy atom. The quantitative estimate of drug-likeness (QED) is 0.827. The van der Waals surface area contributed by atoms with Crippen molar-refractivity contribution in [3.05, 3.63) is 52.8 Å². The molecule has 0 bridgehead atoms. The van der Waals surface area contributed by atoms with Crippen molar-refractivity contribution in [2.45, 2.75) is 19.5 Å². The summed E-state index contributed by atoms with van der Waals surface area (Å²) in [6.07, 6.45) is 4.04. The summed E-state index contributed by atoms with van der Waals surface area (Å²) in [5.41, 5.74) is 4.29. The average Bonchev–Trinajstić information content (AvgIpc) is 2.96. The number of rotatable bonds is 3. The summed E-state index contributed by atoms with van der Waals surface area (Å²) in [4.78, 5) is 12.2. The third kappa shape index (κ3) is 2.07. The number of fused-ring (bicyclic) bond motifs is 1. The van der Waals surface area contributed by atoms with Crippen molar-refractivity contribution in [1.29, 1.82) is 0 Å². The standard InChI is InChI=1S/C14H15N3O/c1-17-9-10(6-16-17)4-14(18)11-2-3-12-7-15-8-13(12)5-11/h2-3,5-6,9,15H,4,7-8H2,1H3. The lowest BCUT2D eigenvalue weighted by atomic mass is 10.0. The van der Waals surface area contributed by atoms with Gasteiger partial charge in [0.25, 0.3) is 0 Å². The Labute approximate surface area is 106 Å². The van der Waals surface area contributed by atoms with E-state index in [0.29, 0.717) is 6.42 Å². The predicted molar refractivity (Wildman–Crippen MR) is 68.2 cm³/mol. The first-order chi connectivity index (χ1) is 8.72. The number of hydrogen-bond donors (Lipinski definition) is 1. The molecule has 18 heavy (non-hydrogen) atoms. The number of carbonyl (C=O) groups excluding carboxylic acids is 1. The minimum absolute atomic E-state index is 0.151. The van der Waals surface area contributed by atoms with Gasteiger partial charge in [-0.05, 0) is 22.8 Å². The highest BCUT2D eigenvalue weighted by molar-refractivity contribution is 5.97. The van der Waals surface area contributed by atoms with E-state index in [0.717, 1.165) is 24.2 Å². The van der Waals surface area contributed by atoms with Gasteiger partial charge in [-0.1, -0.05) is 12.1 Å². The van der Waals surface area contributed by atoms with Crippen LogP contribution in [-0.4, -0.2) is 15.6 Å². The molecule has 4 heteroatoms. The van der Waals surface area contributed by atoms with Crippen molar-refractivity contribution in [3.8, 4) is 0 Å². The van der Waals surface area contributed by atoms with Crippen LogP contribution in [0.15, 0.2) is 30.6 Å². The van der Waals surface area contributed by atoms with Gasteiger partial charge in [0.2, 0.25) is 0 Å². The second-order valence-electron chi connectivity index (χ2n) is 4.71. The summed E-state index contributed by atoms with van der Waals surface area (Å²) < 4.78 is 1.72. The lowest BCUT2D eigenvalue weighted by molar-refractivity contribution is 0.0993. The Balaban J connectivity index is 1.80. The van der Waals surface area contributed by atoms with Crippen LogP contribution in [0.1, 0.15) is 27.0 Å². The maximum atomic E-state index is 12.2. The number of aromatic nitrogens is 2. The van der Waals surface area contributed by atoms with Crippen LogP contribution in [-0.2, 0) is 26.6 Å². The Bertz CT molecular complexity index is 601. The summed E-state index contributed by atoms with van der Waals surface area (Å²) >= 11 is 0. The molecule has 0 fully saturated rings. The van der Waals surface area contributed by atoms with Crippen LogP contribution in [0.25, 0.3) is 0 Å². The van der Waals surface area contributed by atoms with Gasteiger partial charge in [0.1, 0.15) is 0 Å². The molecule has 0 saturated heterocycles. The highest BCUT2D eigenvalue weighted by Crippen LogP contribution is 2.18. The van der Waals surface area contributed by atoms with Crippen LogP contribution in [0, 0.1) is 0 Å². The Morgan fingerprint density at radius 1 is 1.39 bits per heavy atom. The molecular weight excluding hydrogens is 226 g/mol. The molecule has 1 aromatic heterocycles. The number of ketones is 1. The summed E-state index contributed by atoms with van der Waals surface area (Å²) in [7, 11) is 1.86. The molecule has 1 aliphatic heterocycles. The fraction of sp³-hybridized carbons (Fsp3) is 0.286. The molecule has 1 aliphatic rings. The fourth-order valence-corrected chi connectivity index (χ4v) is 2.32. The van der Waals surface area contributed by atoms with Crippen LogP contribution < -0.4 is 5.32 Å². The van der Waals surface area contributed by atoms with Gasteiger partial charge in [-0.15, -0.1) is 0 Å². The molecule has 0 atom stereocenters. The van der Waals surface area contributed by atoms with Crippen LogP contribution in [0.3, 0.4) is 0 Å². The van der Waals surface area contributed by atoms with Gasteiger partial charge in [0.05, 0.1) is 6.20 Å². The van der Waals surface area contributed by atoms with Gasteiger partial charge < -0.3 is 5.32 Å². The Kier molecular flexibility index (Phi) is 2.72. The number of nitrogens with zero attached hydrogens (tertiary/aromatic N) is 2. The molecule has 0 saturated carbocycles. The molecule has 0 aliphatic carbocycles. The largest absolute Gasteiger partial charge is 0.309 e. The minimum atomic E-state index is 0.151. The maximum Gasteiger partial charge on any atom is 0.167 e. The third-order valence-corrected chi connectivity index (χ3v) is 3.28. The SMILES string of the molecule is Cn1cc(CC(=O)c2ccc3c(c2)CNC3)cn1. The van der Waals surface area contributed by atoms with E-state index in [1.165, 1.54) is 11.1 Å². The van der Waals surface area contributed by atoms with Gasteiger partial charge in [-0.2, -0.15) is 5.10 Å². The van der Waals surface area contributed by atoms with E-state index < -0.39 is 0 Å². The normalized spacial score (nSPS) is 13.6. The second-order valence-corrected chi connectivity index (χ2v) is 4.71. The maximum absolute atomic E-state index is 12.2. The highest BCUT2D eigenvalue weighted by Gasteiger charge is 2.14. The molecule has 92 valence electrons. The highest BCUT2D eigenvalue weighted by atomic mass is 16.1. The molecule has 0 radical (unpaired) electrons. The van der Waals surface area contributed by atoms with Crippen molar-refractivity contribution < 1.29 is 4.79 Å². The van der Waals surface area contributed by atoms with E-state index in [1.54, 1.807) is 10.9 Å². The average molecular weight is 241 g/mol. The first kappa shape index (κ1) is 11.2. The number of nitrogens with one attached hydrogen (secondary N) is 1. The van der Waals surface area contributed by atoms with Crippen molar-refractivity contribution in [2.75, 3.05) is 0 Å². The number of Topliss-reactive ketones (excluding diaryl/α,β-unsaturated/α-hetero) is 1. The number of benzene rings is 1. The molecule has 4 nitrogen and oxygen atoms in total. The van der Waals surface area contributed by atoms with Gasteiger partial charge in [-0.25, -0.2) is 0 Å². The van der Waals surface area contributed by atoms with Crippen LogP contribution >= 0.6 is 0 Å². The monoisotopic (exact) mass is 241 g/mol. The summed E-state index contributed by atoms with van der Waals surface area (Å²) in [6, 6.07) is 5.98. The first-order valence-electron chi connectivity index (χ1n) is 6.05. The van der Waals surface area contributed by atoms with Gasteiger partial charge in [-0.3, -0.25) is 9.48 Å². The predicted octanol–water partition coefficient (Wildman–Crippen LogP) is 1.45. The van der Waals surface area contributed by atoms with Gasteiger partial charge >= 0.3 is 0 Å². The molecule has 0 spiro atoms. The Morgan fingerprint density at radius 2 is 2.22 bits per heavy atom. The molecule has 1 aromatic carbocycles. The van der Waals surface area contributed by atoms with Crippen LogP contribution in [0.2, 0.25) is 0 Å². The van der Waals surface area contributed by atoms with Crippen LogP contribution in [0.4, 0.5) is 0 Å². The van der Waals surface area contributed by atoms with Gasteiger partial charge in [0, 0.05) is 38.3 Å². The lowest BCUT2D eigenvalue weighted by Crippen LogP contribution is -2.04. The van der Waals surface area contributed by atoms with E-state index in [1.807, 2.05) is 31.4 Å². The lowest BCUT2D eigenvalue weighted by Gasteiger charge is -2.02. The summed E-state index contributed by atoms with van der Waals surface area (Å²) in [5.74, 6) is 0.151. The van der Waals surface area contributed by atoms with Crippen molar-refractivity contribution in [3.63, 3.8) is 0 Å². The zero-order valence-electron chi connectivity index (χ0n) is 10.3. The van der Waals surface area contributed by atoms with Crippen LogP contribution in [0.5, 0.6) is 0 Å². The summed E-state index contributed by atoms with van der Waals surface area (Å²) in [5, 5.41) is 7.36. The molecule has 0 amide bonds. The van der Waals surface area contributed by atoms with E-state index >= 15 is 0 Å². The molecule has 2 heterocycles. The number of hydrogen-bond acceptors (Lipinski definition) is 3. The topological polar surface area (TPSA) is 46.9 Å². The first-order valence-corrected chi connectivity index (χ1v) is 6.05. The van der Waals surface area contributed by atoms with E-state index in [4.69, 9.17) is 0 Å². The van der Waals surface area contributed by atoms with Gasteiger partial charge in [0.15, 0.2) is 5.78 Å². The van der Waals surface area contributed by atoms with Crippen molar-refractivity contribution >= 4 is 5.78 Å². The second kappa shape index (κ2) is 4.38. The number of carbonyl (C=O) groups is 1. The van der Waals surface area contributed by atoms with Crippen molar-refractivity contribution in [1.82, 2.24) is 15.1 Å². The zero-order valence-corrected chi connectivity index (χ0v) is 10.3. The molecular formula is C14H15N3O. The Hall–Kier alpha value is -1.94. The van der Waals surface area contributed by atoms with E-state index in [-0.39, 0.29) is 5.78 Å². The minimum Gasteiger partial charge on any atom is -0.309 e. The molecule has 3 rings (SSSR count). The van der Waals surface area contributed by atoms with Crippen molar-refractivity contribution in [2.24, 2.45) is 7.05 Å². The zero-order chi connectivity index (χ0) is 12.5. The third-order valence-electron chi connectivity index (χ3n) is 3.28. The smallest absolute Gasteiger partial charge is 0.167 e. The molecule has 1 N–H and O–H groups in total. The fourth-order valence-electron chi connectivity index (χ4n) is 2.32. The summed E-state index contributed by atoms with van der Waals surface area (Å²) in [6.45, 7) is 1.77. The van der Waals surface area contributed by atoms with E-state index in [2.05, 4.69) is 10.4 Å². The van der Waals surface area contributed by atoms with E-state index in [9.17, 15) is 4.79 Å². The molecule has 2 aromatic rings. The number of aryl methyl sites for hydroxylation is 1. The molecule has 0 unspecified atom stereocenters.